The summed E-state index contributed by atoms with van der Waals surface area (Å²) in [5.74, 6) is -0.328. The lowest BCUT2D eigenvalue weighted by atomic mass is 10.1. The highest BCUT2D eigenvalue weighted by atomic mass is 19.1. The molecule has 1 aliphatic heterocycles. The summed E-state index contributed by atoms with van der Waals surface area (Å²) in [7, 11) is 0. The molecule has 0 bridgehead atoms. The topological polar surface area (TPSA) is 23.5 Å². The lowest BCUT2D eigenvalue weighted by Gasteiger charge is -2.29. The third kappa shape index (κ3) is 2.09. The number of hydrogen-bond donors (Lipinski definition) is 1. The van der Waals surface area contributed by atoms with Crippen LogP contribution < -0.4 is 4.90 Å². The van der Waals surface area contributed by atoms with Crippen LogP contribution in [0.3, 0.4) is 0 Å². The van der Waals surface area contributed by atoms with Crippen LogP contribution in [0.4, 0.5) is 10.1 Å². The Morgan fingerprint density at radius 1 is 1.44 bits per heavy atom. The number of halogens is 1. The van der Waals surface area contributed by atoms with E-state index < -0.39 is 0 Å². The van der Waals surface area contributed by atoms with Crippen LogP contribution in [-0.4, -0.2) is 18.2 Å². The van der Waals surface area contributed by atoms with Crippen LogP contribution in [0.2, 0.25) is 0 Å². The lowest BCUT2D eigenvalue weighted by molar-refractivity contribution is 0.276. The van der Waals surface area contributed by atoms with E-state index in [1.165, 1.54) is 11.6 Å². The van der Waals surface area contributed by atoms with Gasteiger partial charge >= 0.3 is 0 Å². The zero-order chi connectivity index (χ0) is 11.5. The highest BCUT2D eigenvalue weighted by molar-refractivity contribution is 5.55. The Hall–Kier alpha value is -1.35. The molecule has 0 amide bonds. The SMILES string of the molecule is CC1=CCN(c2cccc(F)c2CO)CC1. The van der Waals surface area contributed by atoms with Gasteiger partial charge in [0.2, 0.25) is 0 Å². The summed E-state index contributed by atoms with van der Waals surface area (Å²) in [6, 6.07) is 4.94. The fraction of sp³-hybridized carbons (Fsp3) is 0.385. The summed E-state index contributed by atoms with van der Waals surface area (Å²) in [5, 5.41) is 9.20. The molecule has 1 aliphatic rings. The molecule has 2 rings (SSSR count). The van der Waals surface area contributed by atoms with Gasteiger partial charge in [0.1, 0.15) is 5.82 Å². The van der Waals surface area contributed by atoms with E-state index in [0.717, 1.165) is 25.2 Å². The first-order valence-electron chi connectivity index (χ1n) is 5.51. The minimum atomic E-state index is -0.328. The van der Waals surface area contributed by atoms with Gasteiger partial charge in [0.15, 0.2) is 0 Å². The van der Waals surface area contributed by atoms with Crippen molar-refractivity contribution in [2.75, 3.05) is 18.0 Å². The van der Waals surface area contributed by atoms with Crippen LogP contribution in [0.15, 0.2) is 29.8 Å². The zero-order valence-corrected chi connectivity index (χ0v) is 9.41. The van der Waals surface area contributed by atoms with Gasteiger partial charge in [-0.15, -0.1) is 0 Å². The van der Waals surface area contributed by atoms with Gasteiger partial charge in [-0.1, -0.05) is 17.7 Å². The van der Waals surface area contributed by atoms with E-state index in [0.29, 0.717) is 5.56 Å². The van der Waals surface area contributed by atoms with Crippen LogP contribution in [0, 0.1) is 5.82 Å². The molecule has 0 unspecified atom stereocenters. The average Bonchev–Trinajstić information content (AvgIpc) is 2.30. The first kappa shape index (κ1) is 11.1. The van der Waals surface area contributed by atoms with E-state index in [-0.39, 0.29) is 12.4 Å². The van der Waals surface area contributed by atoms with Gasteiger partial charge in [-0.3, -0.25) is 0 Å². The molecule has 1 heterocycles. The lowest BCUT2D eigenvalue weighted by Crippen LogP contribution is -2.29. The van der Waals surface area contributed by atoms with Crippen molar-refractivity contribution in [3.05, 3.63) is 41.2 Å². The monoisotopic (exact) mass is 221 g/mol. The highest BCUT2D eigenvalue weighted by Gasteiger charge is 2.15. The van der Waals surface area contributed by atoms with Crippen molar-refractivity contribution < 1.29 is 9.50 Å². The predicted molar refractivity (Wildman–Crippen MR) is 62.9 cm³/mol. The van der Waals surface area contributed by atoms with Crippen molar-refractivity contribution in [2.24, 2.45) is 0 Å². The van der Waals surface area contributed by atoms with E-state index >= 15 is 0 Å². The standard InChI is InChI=1S/C13H16FNO/c1-10-5-7-15(8-6-10)13-4-2-3-12(14)11(13)9-16/h2-5,16H,6-9H2,1H3. The fourth-order valence-corrected chi connectivity index (χ4v) is 1.99. The Morgan fingerprint density at radius 2 is 2.25 bits per heavy atom. The Kier molecular flexibility index (Phi) is 3.25. The second-order valence-electron chi connectivity index (χ2n) is 4.14. The number of aliphatic hydroxyl groups is 1. The number of hydrogen-bond acceptors (Lipinski definition) is 2. The number of anilines is 1. The smallest absolute Gasteiger partial charge is 0.130 e. The molecule has 1 aromatic carbocycles. The summed E-state index contributed by atoms with van der Waals surface area (Å²) in [4.78, 5) is 2.10. The fourth-order valence-electron chi connectivity index (χ4n) is 1.99. The van der Waals surface area contributed by atoms with Crippen LogP contribution >= 0.6 is 0 Å². The molecule has 0 saturated heterocycles. The quantitative estimate of drug-likeness (QED) is 0.775. The number of aliphatic hydroxyl groups excluding tert-OH is 1. The van der Waals surface area contributed by atoms with Gasteiger partial charge in [0.25, 0.3) is 0 Å². The summed E-state index contributed by atoms with van der Waals surface area (Å²) in [6.07, 6.45) is 3.15. The van der Waals surface area contributed by atoms with Crippen LogP contribution in [-0.2, 0) is 6.61 Å². The molecule has 0 aliphatic carbocycles. The predicted octanol–water partition coefficient (Wildman–Crippen LogP) is 2.47. The van der Waals surface area contributed by atoms with Crippen LogP contribution in [0.25, 0.3) is 0 Å². The molecule has 3 heteroatoms. The van der Waals surface area contributed by atoms with Gasteiger partial charge in [0, 0.05) is 24.3 Å². The van der Waals surface area contributed by atoms with E-state index in [1.807, 2.05) is 6.07 Å². The maximum Gasteiger partial charge on any atom is 0.130 e. The van der Waals surface area contributed by atoms with E-state index in [1.54, 1.807) is 6.07 Å². The second-order valence-corrected chi connectivity index (χ2v) is 4.14. The summed E-state index contributed by atoms with van der Waals surface area (Å²) in [6.45, 7) is 3.54. The molecule has 86 valence electrons. The van der Waals surface area contributed by atoms with Crippen LogP contribution in [0.5, 0.6) is 0 Å². The molecule has 0 saturated carbocycles. The Morgan fingerprint density at radius 3 is 2.88 bits per heavy atom. The Labute approximate surface area is 95.0 Å². The third-order valence-electron chi connectivity index (χ3n) is 3.03. The molecule has 0 radical (unpaired) electrons. The van der Waals surface area contributed by atoms with Crippen molar-refractivity contribution in [1.82, 2.24) is 0 Å². The van der Waals surface area contributed by atoms with Crippen molar-refractivity contribution in [3.63, 3.8) is 0 Å². The number of benzene rings is 1. The zero-order valence-electron chi connectivity index (χ0n) is 9.41. The van der Waals surface area contributed by atoms with Crippen LogP contribution in [0.1, 0.15) is 18.9 Å². The number of nitrogens with zero attached hydrogens (tertiary/aromatic N) is 1. The molecule has 0 atom stereocenters. The Balaban J connectivity index is 2.30. The van der Waals surface area contributed by atoms with Gasteiger partial charge in [0.05, 0.1) is 6.61 Å². The van der Waals surface area contributed by atoms with Gasteiger partial charge in [-0.2, -0.15) is 0 Å². The molecule has 16 heavy (non-hydrogen) atoms. The first-order valence-corrected chi connectivity index (χ1v) is 5.51. The van der Waals surface area contributed by atoms with Crippen molar-refractivity contribution in [3.8, 4) is 0 Å². The molecule has 0 fully saturated rings. The van der Waals surface area contributed by atoms with Crippen molar-refractivity contribution in [1.29, 1.82) is 0 Å². The molecular formula is C13H16FNO. The first-order chi connectivity index (χ1) is 7.72. The van der Waals surface area contributed by atoms with Crippen molar-refractivity contribution in [2.45, 2.75) is 20.0 Å². The van der Waals surface area contributed by atoms with Gasteiger partial charge < -0.3 is 10.0 Å². The molecule has 1 N–H and O–H groups in total. The Bertz CT molecular complexity index is 414. The molecular weight excluding hydrogens is 205 g/mol. The largest absolute Gasteiger partial charge is 0.391 e. The second kappa shape index (κ2) is 4.66. The number of rotatable bonds is 2. The normalized spacial score (nSPS) is 16.2. The third-order valence-corrected chi connectivity index (χ3v) is 3.03. The van der Waals surface area contributed by atoms with Gasteiger partial charge in [-0.25, -0.2) is 4.39 Å². The van der Waals surface area contributed by atoms with Crippen molar-refractivity contribution >= 4 is 5.69 Å². The van der Waals surface area contributed by atoms with E-state index in [4.69, 9.17) is 0 Å². The molecule has 1 aromatic rings. The average molecular weight is 221 g/mol. The van der Waals surface area contributed by atoms with E-state index in [2.05, 4.69) is 17.9 Å². The maximum atomic E-state index is 13.5. The maximum absolute atomic E-state index is 13.5. The summed E-state index contributed by atoms with van der Waals surface area (Å²) < 4.78 is 13.5. The summed E-state index contributed by atoms with van der Waals surface area (Å²) >= 11 is 0. The van der Waals surface area contributed by atoms with Gasteiger partial charge in [-0.05, 0) is 25.5 Å². The minimum Gasteiger partial charge on any atom is -0.391 e. The molecule has 0 aromatic heterocycles. The highest BCUT2D eigenvalue weighted by Crippen LogP contribution is 2.25. The minimum absolute atomic E-state index is 0.249. The molecule has 2 nitrogen and oxygen atoms in total. The summed E-state index contributed by atoms with van der Waals surface area (Å²) in [5.41, 5.74) is 2.58. The molecule has 0 spiro atoms. The van der Waals surface area contributed by atoms with E-state index in [9.17, 15) is 9.50 Å².